The monoisotopic (exact) mass is 289 g/mol. The van der Waals surface area contributed by atoms with Crippen LogP contribution in [0.3, 0.4) is 0 Å². The van der Waals surface area contributed by atoms with E-state index < -0.39 is 0 Å². The largest absolute Gasteiger partial charge is 0.493 e. The second-order valence-electron chi connectivity index (χ2n) is 5.07. The van der Waals surface area contributed by atoms with Gasteiger partial charge in [-0.15, -0.1) is 0 Å². The van der Waals surface area contributed by atoms with Gasteiger partial charge in [0.05, 0.1) is 13.4 Å². The van der Waals surface area contributed by atoms with E-state index in [2.05, 4.69) is 21.8 Å². The molecule has 0 aliphatic carbocycles. The third-order valence-corrected chi connectivity index (χ3v) is 3.42. The van der Waals surface area contributed by atoms with Crippen LogP contribution in [0.4, 0.5) is 0 Å². The molecule has 1 N–H and O–H groups in total. The summed E-state index contributed by atoms with van der Waals surface area (Å²) in [7, 11) is 1.64. The Morgan fingerprint density at radius 1 is 1.43 bits per heavy atom. The molecule has 6 nitrogen and oxygen atoms in total. The zero-order valence-corrected chi connectivity index (χ0v) is 12.2. The summed E-state index contributed by atoms with van der Waals surface area (Å²) in [6, 6.07) is 4.29. The molecule has 1 atom stereocenters. The number of rotatable bonds is 6. The Kier molecular flexibility index (Phi) is 3.96. The van der Waals surface area contributed by atoms with Crippen LogP contribution in [0.2, 0.25) is 0 Å². The molecule has 2 aromatic rings. The lowest BCUT2D eigenvalue weighted by Crippen LogP contribution is -2.29. The fourth-order valence-corrected chi connectivity index (χ4v) is 2.35. The summed E-state index contributed by atoms with van der Waals surface area (Å²) < 4.78 is 18.2. The van der Waals surface area contributed by atoms with E-state index in [9.17, 15) is 0 Å². The first-order chi connectivity index (χ1) is 10.3. The molecular formula is C15H19N3O3. The van der Waals surface area contributed by atoms with Gasteiger partial charge in [-0.1, -0.05) is 0 Å². The highest BCUT2D eigenvalue weighted by atomic mass is 16.7. The van der Waals surface area contributed by atoms with Crippen molar-refractivity contribution in [2.24, 2.45) is 0 Å². The minimum atomic E-state index is 0.250. The summed E-state index contributed by atoms with van der Waals surface area (Å²) in [5.41, 5.74) is 1.11. The van der Waals surface area contributed by atoms with E-state index in [4.69, 9.17) is 14.2 Å². The standard InChI is InChI=1S/C15H19N3O3/c1-11(8-18-4-3-16-9-18)17-7-12-5-13(19-2)15-14(6-12)20-10-21-15/h3-6,9,11,17H,7-8,10H2,1-2H3/t11-/m1/s1. The van der Waals surface area contributed by atoms with Gasteiger partial charge in [0.2, 0.25) is 12.5 Å². The Morgan fingerprint density at radius 3 is 3.10 bits per heavy atom. The quantitative estimate of drug-likeness (QED) is 0.878. The average Bonchev–Trinajstić information content (AvgIpc) is 3.15. The van der Waals surface area contributed by atoms with E-state index in [1.165, 1.54) is 0 Å². The maximum Gasteiger partial charge on any atom is 0.231 e. The molecule has 6 heteroatoms. The number of nitrogens with one attached hydrogen (secondary N) is 1. The second-order valence-corrected chi connectivity index (χ2v) is 5.07. The van der Waals surface area contributed by atoms with Crippen molar-refractivity contribution < 1.29 is 14.2 Å². The van der Waals surface area contributed by atoms with Gasteiger partial charge >= 0.3 is 0 Å². The Balaban J connectivity index is 1.62. The molecule has 1 aliphatic rings. The molecule has 112 valence electrons. The molecule has 1 aromatic carbocycles. The van der Waals surface area contributed by atoms with Crippen molar-refractivity contribution in [3.8, 4) is 17.2 Å². The first-order valence-electron chi connectivity index (χ1n) is 6.92. The first-order valence-corrected chi connectivity index (χ1v) is 6.92. The SMILES string of the molecule is COc1cc(CN[C@H](C)Cn2ccnc2)cc2c1OCO2. The highest BCUT2D eigenvalue weighted by Crippen LogP contribution is 2.41. The predicted molar refractivity (Wildman–Crippen MR) is 77.6 cm³/mol. The highest BCUT2D eigenvalue weighted by Gasteiger charge is 2.20. The molecule has 0 saturated heterocycles. The summed E-state index contributed by atoms with van der Waals surface area (Å²) >= 11 is 0. The fourth-order valence-electron chi connectivity index (χ4n) is 2.35. The lowest BCUT2D eigenvalue weighted by Gasteiger charge is -2.15. The molecule has 0 fully saturated rings. The molecule has 0 amide bonds. The smallest absolute Gasteiger partial charge is 0.231 e. The van der Waals surface area contributed by atoms with E-state index in [1.54, 1.807) is 13.3 Å². The number of benzene rings is 1. The van der Waals surface area contributed by atoms with Crippen LogP contribution < -0.4 is 19.5 Å². The van der Waals surface area contributed by atoms with Gasteiger partial charge in [-0.05, 0) is 24.6 Å². The number of imidazole rings is 1. The third-order valence-electron chi connectivity index (χ3n) is 3.42. The minimum absolute atomic E-state index is 0.250. The number of hydrogen-bond acceptors (Lipinski definition) is 5. The van der Waals surface area contributed by atoms with E-state index in [1.807, 2.05) is 24.7 Å². The van der Waals surface area contributed by atoms with Crippen LogP contribution in [-0.4, -0.2) is 29.5 Å². The van der Waals surface area contributed by atoms with Crippen LogP contribution in [0.5, 0.6) is 17.2 Å². The number of ether oxygens (including phenoxy) is 3. The molecule has 21 heavy (non-hydrogen) atoms. The summed E-state index contributed by atoms with van der Waals surface area (Å²) in [6.45, 7) is 4.01. The molecule has 2 heterocycles. The summed E-state index contributed by atoms with van der Waals surface area (Å²) in [6.07, 6.45) is 5.57. The van der Waals surface area contributed by atoms with Crippen molar-refractivity contribution in [1.29, 1.82) is 0 Å². The molecule has 0 radical (unpaired) electrons. The summed E-state index contributed by atoms with van der Waals surface area (Å²) in [4.78, 5) is 4.04. The predicted octanol–water partition coefficient (Wildman–Crippen LogP) is 1.80. The van der Waals surface area contributed by atoms with E-state index in [0.717, 1.165) is 24.4 Å². The summed E-state index contributed by atoms with van der Waals surface area (Å²) in [5, 5.41) is 3.48. The molecule has 1 aliphatic heterocycles. The number of fused-ring (bicyclic) bond motifs is 1. The van der Waals surface area contributed by atoms with Gasteiger partial charge in [-0.2, -0.15) is 0 Å². The summed E-state index contributed by atoms with van der Waals surface area (Å²) in [5.74, 6) is 2.14. The number of nitrogens with zero attached hydrogens (tertiary/aromatic N) is 2. The van der Waals surface area contributed by atoms with Gasteiger partial charge in [-0.3, -0.25) is 0 Å². The van der Waals surface area contributed by atoms with Gasteiger partial charge in [0, 0.05) is 31.5 Å². The average molecular weight is 289 g/mol. The van der Waals surface area contributed by atoms with Gasteiger partial charge in [0.25, 0.3) is 0 Å². The van der Waals surface area contributed by atoms with Crippen molar-refractivity contribution in [3.63, 3.8) is 0 Å². The molecule has 1 aromatic heterocycles. The van der Waals surface area contributed by atoms with Crippen LogP contribution in [0.1, 0.15) is 12.5 Å². The fraction of sp³-hybridized carbons (Fsp3) is 0.400. The maximum atomic E-state index is 5.43. The van der Waals surface area contributed by atoms with Crippen LogP contribution in [-0.2, 0) is 13.1 Å². The van der Waals surface area contributed by atoms with E-state index >= 15 is 0 Å². The molecule has 3 rings (SSSR count). The van der Waals surface area contributed by atoms with Crippen molar-refractivity contribution in [2.45, 2.75) is 26.1 Å². The normalized spacial score (nSPS) is 14.2. The van der Waals surface area contributed by atoms with Crippen LogP contribution in [0.15, 0.2) is 30.9 Å². The highest BCUT2D eigenvalue weighted by molar-refractivity contribution is 5.55. The van der Waals surface area contributed by atoms with Crippen molar-refractivity contribution >= 4 is 0 Å². The van der Waals surface area contributed by atoms with E-state index in [0.29, 0.717) is 17.5 Å². The zero-order valence-electron chi connectivity index (χ0n) is 12.2. The van der Waals surface area contributed by atoms with Gasteiger partial charge in [0.1, 0.15) is 0 Å². The van der Waals surface area contributed by atoms with Crippen molar-refractivity contribution in [1.82, 2.24) is 14.9 Å². The molecular weight excluding hydrogens is 270 g/mol. The maximum absolute atomic E-state index is 5.43. The van der Waals surface area contributed by atoms with Gasteiger partial charge in [0.15, 0.2) is 11.5 Å². The minimum Gasteiger partial charge on any atom is -0.493 e. The lowest BCUT2D eigenvalue weighted by atomic mass is 10.1. The number of hydrogen-bond donors (Lipinski definition) is 1. The molecule has 0 bridgehead atoms. The van der Waals surface area contributed by atoms with E-state index in [-0.39, 0.29) is 6.79 Å². The Morgan fingerprint density at radius 2 is 2.33 bits per heavy atom. The number of methoxy groups -OCH3 is 1. The zero-order chi connectivity index (χ0) is 14.7. The molecule has 0 spiro atoms. The van der Waals surface area contributed by atoms with Crippen molar-refractivity contribution in [2.75, 3.05) is 13.9 Å². The Bertz CT molecular complexity index is 598. The first kappa shape index (κ1) is 13.8. The topological polar surface area (TPSA) is 57.5 Å². The van der Waals surface area contributed by atoms with Gasteiger partial charge in [-0.25, -0.2) is 4.98 Å². The third kappa shape index (κ3) is 3.11. The van der Waals surface area contributed by atoms with Crippen molar-refractivity contribution in [3.05, 3.63) is 36.4 Å². The van der Waals surface area contributed by atoms with Crippen LogP contribution in [0.25, 0.3) is 0 Å². The van der Waals surface area contributed by atoms with Crippen LogP contribution >= 0.6 is 0 Å². The lowest BCUT2D eigenvalue weighted by molar-refractivity contribution is 0.171. The number of aromatic nitrogens is 2. The van der Waals surface area contributed by atoms with Crippen LogP contribution in [0, 0.1) is 0 Å². The Hall–Kier alpha value is -2.21. The molecule has 0 saturated carbocycles. The second kappa shape index (κ2) is 6.05. The Labute approximate surface area is 123 Å². The molecule has 0 unspecified atom stereocenters. The van der Waals surface area contributed by atoms with Gasteiger partial charge < -0.3 is 24.1 Å².